The van der Waals surface area contributed by atoms with E-state index in [-0.39, 0.29) is 44.3 Å². The molecule has 2 atom stereocenters. The Labute approximate surface area is 260 Å². The van der Waals surface area contributed by atoms with Crippen molar-refractivity contribution in [2.75, 3.05) is 39.3 Å². The van der Waals surface area contributed by atoms with Crippen molar-refractivity contribution in [2.45, 2.75) is 18.1 Å². The molecule has 2 unspecified atom stereocenters. The van der Waals surface area contributed by atoms with E-state index in [1.165, 1.54) is 16.5 Å². The minimum Gasteiger partial charge on any atom is -0.477 e. The van der Waals surface area contributed by atoms with Gasteiger partial charge in [0.25, 0.3) is 0 Å². The molecule has 3 aromatic rings. The standard InChI is InChI=1S/C27H37N3.C8H6N.Zr/c1-7-17-28(18-8-2)25-23-15-13-14-16-24(23)26(29(19-9-3)20-10-4)27(25)30(21-11-5)22-12-6;1-2-4-8-7(3-1)5-6-9-8;/h7-16,25-27H,1-6,17-22H2;1-5,9H;/q;-1;. The fourth-order valence-corrected chi connectivity index (χ4v) is 5.66. The third kappa shape index (κ3) is 8.11. The smallest absolute Gasteiger partial charge is 0.0532 e. The number of H-pyrrole nitrogens is 1. The maximum absolute atomic E-state index is 4.02. The summed E-state index contributed by atoms with van der Waals surface area (Å²) in [7, 11) is 0. The average molecular weight is 611 g/mol. The Morgan fingerprint density at radius 1 is 0.600 bits per heavy atom. The summed E-state index contributed by atoms with van der Waals surface area (Å²) in [5.41, 5.74) is 3.89. The fraction of sp³-hybridized carbons (Fsp3) is 0.257. The molecule has 1 aliphatic rings. The van der Waals surface area contributed by atoms with Crippen LogP contribution in [0.2, 0.25) is 0 Å². The molecule has 0 spiro atoms. The Morgan fingerprint density at radius 3 is 1.43 bits per heavy atom. The van der Waals surface area contributed by atoms with Crippen LogP contribution in [0.3, 0.4) is 0 Å². The zero-order chi connectivity index (χ0) is 28.0. The third-order valence-electron chi connectivity index (χ3n) is 7.07. The molecule has 5 heteroatoms. The Bertz CT molecular complexity index is 1130. The SMILES string of the molecule is C=CCN(CC=C)C1c2ccccc2C(N(CC=C)CC=C)C1N(CC=C)CC=C.[Zr].[c-]1cc2ccccc2[nH]1. The van der Waals surface area contributed by atoms with Gasteiger partial charge in [0.15, 0.2) is 0 Å². The van der Waals surface area contributed by atoms with Gasteiger partial charge in [-0.05, 0) is 11.1 Å². The molecule has 1 aliphatic carbocycles. The maximum atomic E-state index is 4.02. The number of hydrogen-bond acceptors (Lipinski definition) is 3. The molecule has 0 amide bonds. The predicted octanol–water partition coefficient (Wildman–Crippen LogP) is 7.14. The number of aromatic nitrogens is 1. The van der Waals surface area contributed by atoms with Crippen LogP contribution in [0.15, 0.2) is 131 Å². The van der Waals surface area contributed by atoms with E-state index in [9.17, 15) is 0 Å². The number of rotatable bonds is 15. The third-order valence-corrected chi connectivity index (χ3v) is 7.07. The second-order valence-electron chi connectivity index (χ2n) is 9.60. The van der Waals surface area contributed by atoms with E-state index in [1.807, 2.05) is 60.7 Å². The van der Waals surface area contributed by atoms with E-state index in [0.717, 1.165) is 44.8 Å². The summed E-state index contributed by atoms with van der Waals surface area (Å²) >= 11 is 0. The van der Waals surface area contributed by atoms with Gasteiger partial charge in [0.1, 0.15) is 0 Å². The second kappa shape index (κ2) is 17.8. The molecular weight excluding hydrogens is 568 g/mol. The first kappa shape index (κ1) is 33.4. The van der Waals surface area contributed by atoms with Gasteiger partial charge in [-0.2, -0.15) is 11.5 Å². The molecule has 40 heavy (non-hydrogen) atoms. The number of benzene rings is 2. The molecule has 0 fully saturated rings. The van der Waals surface area contributed by atoms with E-state index < -0.39 is 0 Å². The molecule has 4 nitrogen and oxygen atoms in total. The normalized spacial score (nSPS) is 17.4. The van der Waals surface area contributed by atoms with E-state index in [2.05, 4.69) is 95.7 Å². The Hall–Kier alpha value is -2.82. The van der Waals surface area contributed by atoms with E-state index in [4.69, 9.17) is 0 Å². The summed E-state index contributed by atoms with van der Waals surface area (Å²) in [5.74, 6) is 0. The van der Waals surface area contributed by atoms with Crippen LogP contribution in [0.4, 0.5) is 0 Å². The van der Waals surface area contributed by atoms with Crippen molar-refractivity contribution in [3.63, 3.8) is 0 Å². The second-order valence-corrected chi connectivity index (χ2v) is 9.60. The summed E-state index contributed by atoms with van der Waals surface area (Å²) in [4.78, 5) is 10.4. The van der Waals surface area contributed by atoms with Crippen molar-refractivity contribution in [2.24, 2.45) is 0 Å². The maximum Gasteiger partial charge on any atom is 0.0532 e. The van der Waals surface area contributed by atoms with Crippen molar-refractivity contribution in [3.05, 3.63) is 148 Å². The number of fused-ring (bicyclic) bond motifs is 2. The van der Waals surface area contributed by atoms with Gasteiger partial charge in [-0.3, -0.25) is 14.7 Å². The summed E-state index contributed by atoms with van der Waals surface area (Å²) in [6.45, 7) is 28.9. The molecule has 0 saturated carbocycles. The average Bonchev–Trinajstić information content (AvgIpc) is 3.56. The first-order valence-electron chi connectivity index (χ1n) is 13.5. The van der Waals surface area contributed by atoms with Crippen LogP contribution in [0.5, 0.6) is 0 Å². The van der Waals surface area contributed by atoms with Crippen LogP contribution >= 0.6 is 0 Å². The van der Waals surface area contributed by atoms with Crippen molar-refractivity contribution >= 4 is 10.9 Å². The molecule has 0 aliphatic heterocycles. The minimum absolute atomic E-state index is 0. The fourth-order valence-electron chi connectivity index (χ4n) is 5.66. The van der Waals surface area contributed by atoms with Gasteiger partial charge in [-0.15, -0.1) is 63.3 Å². The van der Waals surface area contributed by atoms with Gasteiger partial charge < -0.3 is 4.98 Å². The number of aromatic amines is 1. The van der Waals surface area contributed by atoms with Gasteiger partial charge in [0, 0.05) is 71.5 Å². The monoisotopic (exact) mass is 609 g/mol. The number of hydrogen-bond donors (Lipinski definition) is 1. The molecule has 4 rings (SSSR count). The quantitative estimate of drug-likeness (QED) is 0.146. The molecule has 1 aromatic heterocycles. The van der Waals surface area contributed by atoms with Gasteiger partial charge in [-0.25, -0.2) is 0 Å². The first-order chi connectivity index (χ1) is 19.1. The molecule has 1 heterocycles. The summed E-state index contributed by atoms with van der Waals surface area (Å²) in [5, 5.41) is 1.22. The molecule has 2 aromatic carbocycles. The van der Waals surface area contributed by atoms with Crippen molar-refractivity contribution in [1.29, 1.82) is 0 Å². The number of nitrogens with one attached hydrogen (secondary N) is 1. The van der Waals surface area contributed by atoms with Crippen LogP contribution in [0.25, 0.3) is 10.9 Å². The number of nitrogens with zero attached hydrogens (tertiary/aromatic N) is 3. The van der Waals surface area contributed by atoms with Gasteiger partial charge in [0.05, 0.1) is 12.1 Å². The zero-order valence-corrected chi connectivity index (χ0v) is 26.2. The van der Waals surface area contributed by atoms with Crippen LogP contribution in [-0.4, -0.2) is 65.0 Å². The summed E-state index contributed by atoms with van der Waals surface area (Å²) in [6, 6.07) is 19.5. The minimum atomic E-state index is 0. The molecular formula is C35H43N4Zr-. The molecule has 208 valence electrons. The summed E-state index contributed by atoms with van der Waals surface area (Å²) < 4.78 is 0. The zero-order valence-electron chi connectivity index (χ0n) is 23.7. The predicted molar refractivity (Wildman–Crippen MR) is 169 cm³/mol. The van der Waals surface area contributed by atoms with Crippen LogP contribution in [0, 0.1) is 6.20 Å². The van der Waals surface area contributed by atoms with E-state index in [0.29, 0.717) is 0 Å². The van der Waals surface area contributed by atoms with Crippen molar-refractivity contribution in [1.82, 2.24) is 19.7 Å². The van der Waals surface area contributed by atoms with Crippen LogP contribution in [-0.2, 0) is 26.2 Å². The molecule has 0 bridgehead atoms. The molecule has 1 N–H and O–H groups in total. The molecule has 0 saturated heterocycles. The number of para-hydroxylation sites is 1. The van der Waals surface area contributed by atoms with Gasteiger partial charge in [0.2, 0.25) is 0 Å². The van der Waals surface area contributed by atoms with E-state index >= 15 is 0 Å². The van der Waals surface area contributed by atoms with Crippen LogP contribution < -0.4 is 0 Å². The largest absolute Gasteiger partial charge is 0.477 e. The summed E-state index contributed by atoms with van der Waals surface area (Å²) in [6.07, 6.45) is 14.8. The van der Waals surface area contributed by atoms with Crippen molar-refractivity contribution < 1.29 is 26.2 Å². The van der Waals surface area contributed by atoms with Crippen LogP contribution in [0.1, 0.15) is 23.2 Å². The first-order valence-corrected chi connectivity index (χ1v) is 13.5. The van der Waals surface area contributed by atoms with Crippen molar-refractivity contribution in [3.8, 4) is 0 Å². The molecule has 0 radical (unpaired) electrons. The Morgan fingerprint density at radius 2 is 1.00 bits per heavy atom. The van der Waals surface area contributed by atoms with E-state index in [1.54, 1.807) is 0 Å². The van der Waals surface area contributed by atoms with Gasteiger partial charge >= 0.3 is 0 Å². The topological polar surface area (TPSA) is 25.5 Å². The Balaban J connectivity index is 0.000000468. The Kier molecular flexibility index (Phi) is 14.8. The van der Waals surface area contributed by atoms with Gasteiger partial charge in [-0.1, -0.05) is 72.9 Å².